The van der Waals surface area contributed by atoms with Crippen molar-refractivity contribution in [1.82, 2.24) is 0 Å². The van der Waals surface area contributed by atoms with E-state index in [0.29, 0.717) is 5.02 Å². The van der Waals surface area contributed by atoms with E-state index >= 15 is 0 Å². The van der Waals surface area contributed by atoms with E-state index in [1.807, 2.05) is 0 Å². The molecule has 5 heteroatoms. The molecule has 0 saturated heterocycles. The van der Waals surface area contributed by atoms with Crippen LogP contribution in [-0.4, -0.2) is 5.78 Å². The van der Waals surface area contributed by atoms with E-state index in [0.717, 1.165) is 0 Å². The predicted octanol–water partition coefficient (Wildman–Crippen LogP) is 4.47. The average Bonchev–Trinajstić information content (AvgIpc) is 2.67. The van der Waals surface area contributed by atoms with Gasteiger partial charge in [0.25, 0.3) is 0 Å². The molecule has 0 atom stereocenters. The number of hydrogen-bond acceptors (Lipinski definition) is 2. The molecule has 0 aliphatic heterocycles. The summed E-state index contributed by atoms with van der Waals surface area (Å²) in [4.78, 5) is 12.0. The maximum absolute atomic E-state index is 12.0. The molecule has 1 aromatic heterocycles. The molecule has 0 aliphatic rings. The molecule has 2 rings (SSSR count). The highest BCUT2D eigenvalue weighted by Gasteiger charge is 2.19. The molecule has 0 fully saturated rings. The number of furan rings is 1. The van der Waals surface area contributed by atoms with Gasteiger partial charge in [0.2, 0.25) is 5.78 Å². The summed E-state index contributed by atoms with van der Waals surface area (Å²) in [6.45, 7) is 0. The zero-order valence-electron chi connectivity index (χ0n) is 7.84. The normalized spacial score (nSPS) is 10.4. The minimum absolute atomic E-state index is 0.186. The number of ketones is 1. The minimum atomic E-state index is -0.364. The smallest absolute Gasteiger partial charge is 0.231 e. The van der Waals surface area contributed by atoms with Crippen molar-refractivity contribution < 1.29 is 9.21 Å². The molecule has 0 bridgehead atoms. The number of halogens is 3. The Morgan fingerprint density at radius 2 is 1.75 bits per heavy atom. The Bertz CT molecular complexity index is 509. The molecule has 0 unspecified atom stereocenters. The molecule has 0 amide bonds. The first-order valence-electron chi connectivity index (χ1n) is 4.32. The summed E-state index contributed by atoms with van der Waals surface area (Å²) >= 11 is 17.6. The Morgan fingerprint density at radius 1 is 1.12 bits per heavy atom. The number of rotatable bonds is 2. The van der Waals surface area contributed by atoms with Crippen LogP contribution in [0.2, 0.25) is 15.1 Å². The topological polar surface area (TPSA) is 30.2 Å². The zero-order chi connectivity index (χ0) is 11.7. The second kappa shape index (κ2) is 4.50. The van der Waals surface area contributed by atoms with Crippen molar-refractivity contribution in [3.05, 3.63) is 56.9 Å². The first kappa shape index (κ1) is 11.5. The van der Waals surface area contributed by atoms with E-state index in [-0.39, 0.29) is 27.2 Å². The molecular formula is C11H5Cl3O2. The van der Waals surface area contributed by atoms with Gasteiger partial charge in [0, 0.05) is 5.02 Å². The van der Waals surface area contributed by atoms with Gasteiger partial charge in [-0.1, -0.05) is 34.8 Å². The average molecular weight is 276 g/mol. The van der Waals surface area contributed by atoms with Crippen molar-refractivity contribution in [2.45, 2.75) is 0 Å². The lowest BCUT2D eigenvalue weighted by Crippen LogP contribution is -2.01. The fourth-order valence-corrected chi connectivity index (χ4v) is 2.28. The van der Waals surface area contributed by atoms with Crippen molar-refractivity contribution >= 4 is 40.6 Å². The molecule has 0 radical (unpaired) electrons. The lowest BCUT2D eigenvalue weighted by atomic mass is 10.1. The summed E-state index contributed by atoms with van der Waals surface area (Å²) in [6, 6.07) is 6.09. The summed E-state index contributed by atoms with van der Waals surface area (Å²) in [5.41, 5.74) is 0.197. The van der Waals surface area contributed by atoms with Crippen molar-refractivity contribution in [3.63, 3.8) is 0 Å². The molecular weight excluding hydrogens is 270 g/mol. The fraction of sp³-hybridized carbons (Fsp3) is 0. The van der Waals surface area contributed by atoms with Crippen LogP contribution in [0.25, 0.3) is 0 Å². The van der Waals surface area contributed by atoms with Crippen LogP contribution in [0.5, 0.6) is 0 Å². The van der Waals surface area contributed by atoms with E-state index in [9.17, 15) is 4.79 Å². The number of benzene rings is 1. The van der Waals surface area contributed by atoms with Crippen LogP contribution >= 0.6 is 34.8 Å². The molecule has 1 heterocycles. The second-order valence-electron chi connectivity index (χ2n) is 3.05. The molecule has 0 aliphatic carbocycles. The van der Waals surface area contributed by atoms with Gasteiger partial charge >= 0.3 is 0 Å². The monoisotopic (exact) mass is 274 g/mol. The van der Waals surface area contributed by atoms with E-state index in [1.165, 1.54) is 18.4 Å². The summed E-state index contributed by atoms with van der Waals surface area (Å²) in [6.07, 6.45) is 1.41. The lowest BCUT2D eigenvalue weighted by Gasteiger charge is -2.04. The summed E-state index contributed by atoms with van der Waals surface area (Å²) in [7, 11) is 0. The van der Waals surface area contributed by atoms with Gasteiger partial charge in [-0.25, -0.2) is 0 Å². The highest BCUT2D eigenvalue weighted by Crippen LogP contribution is 2.30. The second-order valence-corrected chi connectivity index (χ2v) is 4.30. The molecule has 16 heavy (non-hydrogen) atoms. The van der Waals surface area contributed by atoms with Gasteiger partial charge in [0.15, 0.2) is 5.76 Å². The summed E-state index contributed by atoms with van der Waals surface area (Å²) in [5, 5.41) is 0.795. The van der Waals surface area contributed by atoms with Crippen LogP contribution in [0.15, 0.2) is 34.9 Å². The zero-order valence-corrected chi connectivity index (χ0v) is 10.1. The Labute approximate surface area is 107 Å². The standard InChI is InChI=1S/C11H5Cl3O2/c12-6-4-7(13)10(8(14)5-6)11(15)9-2-1-3-16-9/h1-5H. The minimum Gasteiger partial charge on any atom is -0.461 e. The van der Waals surface area contributed by atoms with Crippen molar-refractivity contribution in [1.29, 1.82) is 0 Å². The maximum Gasteiger partial charge on any atom is 0.231 e. The van der Waals surface area contributed by atoms with Gasteiger partial charge in [0.05, 0.1) is 21.9 Å². The van der Waals surface area contributed by atoms with Crippen molar-refractivity contribution in [2.24, 2.45) is 0 Å². The van der Waals surface area contributed by atoms with E-state index < -0.39 is 0 Å². The predicted molar refractivity (Wildman–Crippen MR) is 63.6 cm³/mol. The van der Waals surface area contributed by atoms with Crippen molar-refractivity contribution in [3.8, 4) is 0 Å². The molecule has 1 aromatic carbocycles. The molecule has 0 N–H and O–H groups in total. The van der Waals surface area contributed by atoms with Gasteiger partial charge in [-0.05, 0) is 24.3 Å². The van der Waals surface area contributed by atoms with Crippen LogP contribution < -0.4 is 0 Å². The lowest BCUT2D eigenvalue weighted by molar-refractivity contribution is 0.101. The van der Waals surface area contributed by atoms with Gasteiger partial charge in [-0.2, -0.15) is 0 Å². The fourth-order valence-electron chi connectivity index (χ4n) is 1.29. The SMILES string of the molecule is O=C(c1ccco1)c1c(Cl)cc(Cl)cc1Cl. The summed E-state index contributed by atoms with van der Waals surface area (Å²) < 4.78 is 4.99. The molecule has 2 nitrogen and oxygen atoms in total. The van der Waals surface area contributed by atoms with Crippen LogP contribution in [0.1, 0.15) is 16.1 Å². The molecule has 0 saturated carbocycles. The first-order valence-corrected chi connectivity index (χ1v) is 5.45. The van der Waals surface area contributed by atoms with Gasteiger partial charge in [-0.3, -0.25) is 4.79 Å². The maximum atomic E-state index is 12.0. The number of carbonyl (C=O) groups excluding carboxylic acids is 1. The first-order chi connectivity index (χ1) is 7.59. The van der Waals surface area contributed by atoms with E-state index in [4.69, 9.17) is 39.2 Å². The van der Waals surface area contributed by atoms with Gasteiger partial charge in [0.1, 0.15) is 0 Å². The van der Waals surface area contributed by atoms with E-state index in [1.54, 1.807) is 12.1 Å². The van der Waals surface area contributed by atoms with Crippen LogP contribution in [0.4, 0.5) is 0 Å². The third-order valence-corrected chi connectivity index (χ3v) is 2.79. The largest absolute Gasteiger partial charge is 0.461 e. The molecule has 82 valence electrons. The Balaban J connectivity index is 2.53. The molecule has 0 spiro atoms. The van der Waals surface area contributed by atoms with E-state index in [2.05, 4.69) is 0 Å². The molecule has 2 aromatic rings. The van der Waals surface area contributed by atoms with Crippen LogP contribution in [0, 0.1) is 0 Å². The van der Waals surface area contributed by atoms with Crippen LogP contribution in [-0.2, 0) is 0 Å². The number of carbonyl (C=O) groups is 1. The highest BCUT2D eigenvalue weighted by atomic mass is 35.5. The quantitative estimate of drug-likeness (QED) is 0.757. The van der Waals surface area contributed by atoms with Gasteiger partial charge < -0.3 is 4.42 Å². The van der Waals surface area contributed by atoms with Crippen molar-refractivity contribution in [2.75, 3.05) is 0 Å². The third kappa shape index (κ3) is 2.09. The third-order valence-electron chi connectivity index (χ3n) is 1.98. The van der Waals surface area contributed by atoms with Gasteiger partial charge in [-0.15, -0.1) is 0 Å². The Hall–Kier alpha value is -0.960. The summed E-state index contributed by atoms with van der Waals surface area (Å²) in [5.74, 6) is -0.178. The Morgan fingerprint density at radius 3 is 2.25 bits per heavy atom. The van der Waals surface area contributed by atoms with Crippen LogP contribution in [0.3, 0.4) is 0 Å². The number of hydrogen-bond donors (Lipinski definition) is 0. The highest BCUT2D eigenvalue weighted by molar-refractivity contribution is 6.43. The Kier molecular flexibility index (Phi) is 3.24.